The van der Waals surface area contributed by atoms with Gasteiger partial charge in [0.25, 0.3) is 0 Å². The van der Waals surface area contributed by atoms with Gasteiger partial charge in [0.15, 0.2) is 0 Å². The number of hydrogen-bond acceptors (Lipinski definition) is 2. The van der Waals surface area contributed by atoms with Crippen molar-refractivity contribution in [1.82, 2.24) is 0 Å². The molecule has 0 atom stereocenters. The number of alkyl halides is 1. The number of amides is 1. The number of halogens is 2. The van der Waals surface area contributed by atoms with Crippen molar-refractivity contribution in [2.45, 2.75) is 0 Å². The maximum atomic E-state index is 12.5. The quantitative estimate of drug-likeness (QED) is 0.568. The normalized spacial score (nSPS) is 9.69. The van der Waals surface area contributed by atoms with E-state index in [2.05, 4.69) is 5.32 Å². The number of hydrogen-bond donors (Lipinski definition) is 2. The average Bonchev–Trinajstić information content (AvgIpc) is 2.09. The standard InChI is InChI=1S/C8H7ClFNO2/c9-4-8(13)11-6-2-1-5(10)3-7(6)12/h1-3,12H,4H2,(H,11,13). The lowest BCUT2D eigenvalue weighted by molar-refractivity contribution is -0.113. The SMILES string of the molecule is O=C(CCl)Nc1ccc(F)cc1O. The fourth-order valence-corrected chi connectivity index (χ4v) is 0.861. The van der Waals surface area contributed by atoms with Gasteiger partial charge in [-0.1, -0.05) is 0 Å². The van der Waals surface area contributed by atoms with Crippen LogP contribution in [0.4, 0.5) is 10.1 Å². The molecule has 0 bridgehead atoms. The van der Waals surface area contributed by atoms with Crippen LogP contribution >= 0.6 is 11.6 Å². The molecule has 0 heterocycles. The summed E-state index contributed by atoms with van der Waals surface area (Å²) in [6.45, 7) is 0. The van der Waals surface area contributed by atoms with Crippen LogP contribution in [0.5, 0.6) is 5.75 Å². The molecule has 0 aliphatic heterocycles. The highest BCUT2D eigenvalue weighted by atomic mass is 35.5. The Kier molecular flexibility index (Phi) is 3.08. The Morgan fingerprint density at radius 2 is 2.31 bits per heavy atom. The van der Waals surface area contributed by atoms with Crippen molar-refractivity contribution < 1.29 is 14.3 Å². The van der Waals surface area contributed by atoms with Crippen LogP contribution in [0.15, 0.2) is 18.2 Å². The minimum atomic E-state index is -0.568. The average molecular weight is 204 g/mol. The first-order valence-corrected chi connectivity index (χ1v) is 4.01. The monoisotopic (exact) mass is 203 g/mol. The van der Waals surface area contributed by atoms with E-state index in [1.54, 1.807) is 0 Å². The van der Waals surface area contributed by atoms with Crippen LogP contribution in [0.25, 0.3) is 0 Å². The lowest BCUT2D eigenvalue weighted by Gasteiger charge is -2.04. The Labute approximate surface area is 79.1 Å². The third-order valence-corrected chi connectivity index (χ3v) is 1.60. The summed E-state index contributed by atoms with van der Waals surface area (Å²) in [6, 6.07) is 3.29. The Balaban J connectivity index is 2.83. The molecule has 0 aromatic heterocycles. The van der Waals surface area contributed by atoms with Crippen molar-refractivity contribution in [2.75, 3.05) is 11.2 Å². The van der Waals surface area contributed by atoms with Crippen LogP contribution in [0, 0.1) is 5.82 Å². The summed E-state index contributed by atoms with van der Waals surface area (Å²) in [7, 11) is 0. The molecule has 0 radical (unpaired) electrons. The number of benzene rings is 1. The van der Waals surface area contributed by atoms with Gasteiger partial charge in [0.1, 0.15) is 17.4 Å². The summed E-state index contributed by atoms with van der Waals surface area (Å²) >= 11 is 5.22. The number of nitrogens with one attached hydrogen (secondary N) is 1. The fourth-order valence-electron chi connectivity index (χ4n) is 0.794. The molecule has 0 aliphatic rings. The number of carbonyl (C=O) groups is 1. The van der Waals surface area contributed by atoms with Crippen molar-refractivity contribution in [3.05, 3.63) is 24.0 Å². The zero-order valence-corrected chi connectivity index (χ0v) is 7.31. The summed E-state index contributed by atoms with van der Waals surface area (Å²) in [5, 5.41) is 11.4. The minimum Gasteiger partial charge on any atom is -0.506 e. The molecule has 0 fully saturated rings. The molecule has 0 saturated carbocycles. The van der Waals surface area contributed by atoms with Gasteiger partial charge in [-0.3, -0.25) is 4.79 Å². The molecule has 5 heteroatoms. The summed E-state index contributed by atoms with van der Waals surface area (Å²) in [5.41, 5.74) is 0.145. The zero-order valence-electron chi connectivity index (χ0n) is 6.55. The van der Waals surface area contributed by atoms with Crippen LogP contribution < -0.4 is 5.32 Å². The lowest BCUT2D eigenvalue weighted by atomic mass is 10.3. The molecule has 0 spiro atoms. The molecule has 0 unspecified atom stereocenters. The number of aromatic hydroxyl groups is 1. The van der Waals surface area contributed by atoms with Crippen molar-refractivity contribution in [3.63, 3.8) is 0 Å². The van der Waals surface area contributed by atoms with Crippen molar-refractivity contribution in [2.24, 2.45) is 0 Å². The van der Waals surface area contributed by atoms with E-state index in [0.717, 1.165) is 12.1 Å². The van der Waals surface area contributed by atoms with Crippen LogP contribution in [-0.4, -0.2) is 16.9 Å². The highest BCUT2D eigenvalue weighted by Crippen LogP contribution is 2.23. The van der Waals surface area contributed by atoms with Gasteiger partial charge in [-0.15, -0.1) is 11.6 Å². The number of carbonyl (C=O) groups excluding carboxylic acids is 1. The van der Waals surface area contributed by atoms with Gasteiger partial charge >= 0.3 is 0 Å². The van der Waals surface area contributed by atoms with Gasteiger partial charge in [0.2, 0.25) is 5.91 Å². The summed E-state index contributed by atoms with van der Waals surface area (Å²) in [5.74, 6) is -1.56. The molecule has 1 rings (SSSR count). The molecule has 70 valence electrons. The predicted octanol–water partition coefficient (Wildman–Crippen LogP) is 1.71. The Morgan fingerprint density at radius 3 is 2.85 bits per heavy atom. The largest absolute Gasteiger partial charge is 0.506 e. The van der Waals surface area contributed by atoms with Crippen molar-refractivity contribution >= 4 is 23.2 Å². The third kappa shape index (κ3) is 2.59. The second kappa shape index (κ2) is 4.09. The molecule has 0 saturated heterocycles. The van der Waals surface area contributed by atoms with E-state index in [1.807, 2.05) is 0 Å². The van der Waals surface area contributed by atoms with Gasteiger partial charge in [-0.25, -0.2) is 4.39 Å². The van der Waals surface area contributed by atoms with Gasteiger partial charge in [0, 0.05) is 6.07 Å². The van der Waals surface area contributed by atoms with Gasteiger partial charge in [0.05, 0.1) is 5.69 Å². The number of anilines is 1. The van der Waals surface area contributed by atoms with Crippen molar-refractivity contribution in [3.8, 4) is 5.75 Å². The van der Waals surface area contributed by atoms with E-state index in [-0.39, 0.29) is 17.3 Å². The Morgan fingerprint density at radius 1 is 1.62 bits per heavy atom. The first kappa shape index (κ1) is 9.80. The van der Waals surface area contributed by atoms with E-state index in [0.29, 0.717) is 0 Å². The number of phenols is 1. The Hall–Kier alpha value is -1.29. The maximum absolute atomic E-state index is 12.5. The second-order valence-electron chi connectivity index (χ2n) is 2.34. The number of phenolic OH excluding ortho intramolecular Hbond substituents is 1. The molecule has 2 N–H and O–H groups in total. The molecule has 3 nitrogen and oxygen atoms in total. The van der Waals surface area contributed by atoms with E-state index in [1.165, 1.54) is 6.07 Å². The molecule has 13 heavy (non-hydrogen) atoms. The topological polar surface area (TPSA) is 49.3 Å². The van der Waals surface area contributed by atoms with Crippen molar-refractivity contribution in [1.29, 1.82) is 0 Å². The minimum absolute atomic E-state index is 0.145. The van der Waals surface area contributed by atoms with E-state index in [9.17, 15) is 9.18 Å². The number of rotatable bonds is 2. The van der Waals surface area contributed by atoms with Gasteiger partial charge in [-0.05, 0) is 12.1 Å². The van der Waals surface area contributed by atoms with Crippen LogP contribution in [-0.2, 0) is 4.79 Å². The molecular formula is C8H7ClFNO2. The molecule has 1 aromatic rings. The smallest absolute Gasteiger partial charge is 0.239 e. The molecule has 1 amide bonds. The summed E-state index contributed by atoms with van der Waals surface area (Å²) in [4.78, 5) is 10.8. The van der Waals surface area contributed by atoms with Crippen LogP contribution in [0.3, 0.4) is 0 Å². The zero-order chi connectivity index (χ0) is 9.84. The van der Waals surface area contributed by atoms with Crippen LogP contribution in [0.2, 0.25) is 0 Å². The first-order valence-electron chi connectivity index (χ1n) is 3.48. The predicted molar refractivity (Wildman–Crippen MR) is 47.4 cm³/mol. The fraction of sp³-hybridized carbons (Fsp3) is 0.125. The maximum Gasteiger partial charge on any atom is 0.239 e. The highest BCUT2D eigenvalue weighted by molar-refractivity contribution is 6.29. The lowest BCUT2D eigenvalue weighted by Crippen LogP contribution is -2.12. The third-order valence-electron chi connectivity index (χ3n) is 1.36. The van der Waals surface area contributed by atoms with E-state index in [4.69, 9.17) is 16.7 Å². The van der Waals surface area contributed by atoms with E-state index >= 15 is 0 Å². The Bertz CT molecular complexity index is 330. The summed E-state index contributed by atoms with van der Waals surface area (Å²) < 4.78 is 12.5. The van der Waals surface area contributed by atoms with Gasteiger partial charge < -0.3 is 10.4 Å². The summed E-state index contributed by atoms with van der Waals surface area (Å²) in [6.07, 6.45) is 0. The van der Waals surface area contributed by atoms with E-state index < -0.39 is 11.7 Å². The second-order valence-corrected chi connectivity index (χ2v) is 2.61. The molecule has 1 aromatic carbocycles. The molecule has 0 aliphatic carbocycles. The highest BCUT2D eigenvalue weighted by Gasteiger charge is 2.05. The first-order chi connectivity index (χ1) is 6.13. The van der Waals surface area contributed by atoms with Gasteiger partial charge in [-0.2, -0.15) is 0 Å². The molecular weight excluding hydrogens is 197 g/mol. The van der Waals surface area contributed by atoms with Crippen LogP contribution in [0.1, 0.15) is 0 Å².